The summed E-state index contributed by atoms with van der Waals surface area (Å²) in [6.45, 7) is 1.79. The molecule has 0 spiro atoms. The van der Waals surface area contributed by atoms with Crippen LogP contribution in [0, 0.1) is 11.2 Å². The van der Waals surface area contributed by atoms with E-state index in [4.69, 9.17) is 10.1 Å². The van der Waals surface area contributed by atoms with Gasteiger partial charge in [0.2, 0.25) is 0 Å². The number of aromatic nitrogens is 1. The summed E-state index contributed by atoms with van der Waals surface area (Å²) in [6, 6.07) is 10.2. The van der Waals surface area contributed by atoms with Gasteiger partial charge in [-0.05, 0) is 60.5 Å². The summed E-state index contributed by atoms with van der Waals surface area (Å²) in [5.74, 6) is -0.341. The van der Waals surface area contributed by atoms with Gasteiger partial charge in [0.05, 0.1) is 25.5 Å². The highest BCUT2D eigenvalue weighted by Gasteiger charge is 2.21. The highest BCUT2D eigenvalue weighted by molar-refractivity contribution is 6.04. The number of hydrogen-bond acceptors (Lipinski definition) is 7. The number of anilines is 1. The van der Waals surface area contributed by atoms with Gasteiger partial charge in [0.25, 0.3) is 5.91 Å². The van der Waals surface area contributed by atoms with Crippen molar-refractivity contribution in [3.63, 3.8) is 0 Å². The molecule has 0 unspecified atom stereocenters. The van der Waals surface area contributed by atoms with Crippen LogP contribution in [0.25, 0.3) is 10.8 Å². The molecule has 0 fully saturated rings. The van der Waals surface area contributed by atoms with Crippen LogP contribution in [-0.2, 0) is 0 Å². The van der Waals surface area contributed by atoms with Gasteiger partial charge >= 0.3 is 0 Å². The Hall–Kier alpha value is -3.98. The molecule has 1 aromatic heterocycles. The average molecular weight is 466 g/mol. The maximum atomic E-state index is 14.3. The van der Waals surface area contributed by atoms with Crippen LogP contribution in [0.4, 0.5) is 10.2 Å². The second kappa shape index (κ2) is 11.2. The van der Waals surface area contributed by atoms with Crippen LogP contribution in [0.5, 0.6) is 5.75 Å². The molecule has 0 radical (unpaired) electrons. The van der Waals surface area contributed by atoms with Gasteiger partial charge in [-0.2, -0.15) is 0 Å². The van der Waals surface area contributed by atoms with E-state index in [1.54, 1.807) is 49.8 Å². The summed E-state index contributed by atoms with van der Waals surface area (Å²) in [4.78, 5) is 17.5. The molecule has 0 saturated heterocycles. The number of nitrogens with zero attached hydrogens (tertiary/aromatic N) is 1. The van der Waals surface area contributed by atoms with Crippen LogP contribution in [-0.4, -0.2) is 48.5 Å². The maximum absolute atomic E-state index is 14.3. The molecule has 178 valence electrons. The molecule has 2 atom stereocenters. The molecule has 3 rings (SSSR count). The lowest BCUT2D eigenvalue weighted by atomic mass is 10.00. The number of fused-ring (bicyclic) bond motifs is 1. The third kappa shape index (κ3) is 5.87. The Balaban J connectivity index is 1.91. The lowest BCUT2D eigenvalue weighted by molar-refractivity contribution is 0.0946. The van der Waals surface area contributed by atoms with Gasteiger partial charge in [-0.25, -0.2) is 9.37 Å². The number of pyridine rings is 1. The lowest BCUT2D eigenvalue weighted by Gasteiger charge is -2.20. The van der Waals surface area contributed by atoms with Crippen LogP contribution >= 0.6 is 0 Å². The van der Waals surface area contributed by atoms with Gasteiger partial charge in [0.1, 0.15) is 5.82 Å². The fourth-order valence-corrected chi connectivity index (χ4v) is 3.35. The van der Waals surface area contributed by atoms with E-state index in [1.807, 2.05) is 6.92 Å². The van der Waals surface area contributed by atoms with Crippen molar-refractivity contribution in [1.82, 2.24) is 15.6 Å². The van der Waals surface area contributed by atoms with Crippen molar-refractivity contribution >= 4 is 28.2 Å². The summed E-state index contributed by atoms with van der Waals surface area (Å²) in [7, 11) is 3.06. The zero-order valence-electron chi connectivity index (χ0n) is 19.2. The van der Waals surface area contributed by atoms with E-state index in [9.17, 15) is 14.3 Å². The predicted molar refractivity (Wildman–Crippen MR) is 131 cm³/mol. The molecule has 3 aromatic rings. The molecule has 2 aromatic carbocycles. The Labute approximate surface area is 197 Å². The molecular weight excluding hydrogens is 437 g/mol. The summed E-state index contributed by atoms with van der Waals surface area (Å²) in [6.07, 6.45) is 4.75. The minimum absolute atomic E-state index is 0.0382. The Morgan fingerprint density at radius 2 is 2.03 bits per heavy atom. The first kappa shape index (κ1) is 24.7. The van der Waals surface area contributed by atoms with Gasteiger partial charge in [0, 0.05) is 30.2 Å². The number of aliphatic hydroxyl groups is 1. The van der Waals surface area contributed by atoms with Crippen molar-refractivity contribution in [2.75, 3.05) is 26.1 Å². The van der Waals surface area contributed by atoms with E-state index in [1.165, 1.54) is 25.3 Å². The van der Waals surface area contributed by atoms with Crippen molar-refractivity contribution in [3.8, 4) is 5.75 Å². The number of hydrogen-bond donors (Lipinski definition) is 5. The zero-order chi connectivity index (χ0) is 24.7. The molecule has 0 saturated carbocycles. The zero-order valence-corrected chi connectivity index (χ0v) is 19.2. The van der Waals surface area contributed by atoms with Crippen LogP contribution < -0.4 is 20.7 Å². The van der Waals surface area contributed by atoms with Gasteiger partial charge in [-0.1, -0.05) is 12.1 Å². The summed E-state index contributed by atoms with van der Waals surface area (Å²) in [5, 5.41) is 28.0. The first-order valence-corrected chi connectivity index (χ1v) is 10.7. The molecule has 0 bridgehead atoms. The molecular formula is C25H28FN5O3. The fraction of sp³-hybridized carbons (Fsp3) is 0.240. The Bertz CT molecular complexity index is 1210. The average Bonchev–Trinajstić information content (AvgIpc) is 2.85. The third-order valence-corrected chi connectivity index (χ3v) is 5.18. The third-order valence-electron chi connectivity index (χ3n) is 5.18. The van der Waals surface area contributed by atoms with Crippen LogP contribution in [0.2, 0.25) is 0 Å². The van der Waals surface area contributed by atoms with Crippen molar-refractivity contribution in [1.29, 1.82) is 5.41 Å². The molecule has 0 aliphatic rings. The number of ether oxygens (including phenoxy) is 1. The van der Waals surface area contributed by atoms with E-state index in [0.29, 0.717) is 16.9 Å². The van der Waals surface area contributed by atoms with Crippen molar-refractivity contribution < 1.29 is 19.0 Å². The molecule has 9 heteroatoms. The second-order valence-electron chi connectivity index (χ2n) is 7.74. The first-order valence-electron chi connectivity index (χ1n) is 10.7. The van der Waals surface area contributed by atoms with E-state index >= 15 is 0 Å². The first-order chi connectivity index (χ1) is 16.4. The van der Waals surface area contributed by atoms with Crippen molar-refractivity contribution in [2.24, 2.45) is 0 Å². The van der Waals surface area contributed by atoms with Crippen LogP contribution in [0.1, 0.15) is 28.9 Å². The standard InChI is InChI=1S/C25H28FN5O3/c1-15(14-32)30-23-12-19-10-17(4-5-18(19)13-29-23)25(33)31-24(21(27)8-9-28-2)16-6-7-22(34-3)20(26)11-16/h4-13,15,24,27-28,32H,14H2,1-3H3,(H,29,30)(H,31,33)/b9-8-,27-21?/t15-,24-/m0/s1. The number of rotatable bonds is 10. The molecule has 1 heterocycles. The number of aliphatic hydroxyl groups excluding tert-OH is 1. The quantitative estimate of drug-likeness (QED) is 0.293. The van der Waals surface area contributed by atoms with E-state index in [2.05, 4.69) is 20.9 Å². The summed E-state index contributed by atoms with van der Waals surface area (Å²) < 4.78 is 19.3. The van der Waals surface area contributed by atoms with Crippen LogP contribution in [0.3, 0.4) is 0 Å². The Morgan fingerprint density at radius 1 is 1.24 bits per heavy atom. The highest BCUT2D eigenvalue weighted by Crippen LogP contribution is 2.24. The molecule has 8 nitrogen and oxygen atoms in total. The van der Waals surface area contributed by atoms with Gasteiger partial charge in [-0.3, -0.25) is 4.79 Å². The lowest BCUT2D eigenvalue weighted by Crippen LogP contribution is -2.33. The molecule has 0 aliphatic heterocycles. The van der Waals surface area contributed by atoms with Gasteiger partial charge < -0.3 is 31.2 Å². The van der Waals surface area contributed by atoms with E-state index in [-0.39, 0.29) is 24.1 Å². The highest BCUT2D eigenvalue weighted by atomic mass is 19.1. The van der Waals surface area contributed by atoms with Crippen molar-refractivity contribution in [2.45, 2.75) is 19.0 Å². The van der Waals surface area contributed by atoms with Crippen LogP contribution in [0.15, 0.2) is 60.9 Å². The van der Waals surface area contributed by atoms with Crippen molar-refractivity contribution in [3.05, 3.63) is 77.9 Å². The smallest absolute Gasteiger partial charge is 0.252 e. The van der Waals surface area contributed by atoms with Gasteiger partial charge in [0.15, 0.2) is 11.6 Å². The number of carbonyl (C=O) groups excluding carboxylic acids is 1. The summed E-state index contributed by atoms with van der Waals surface area (Å²) in [5.41, 5.74) is 0.859. The normalized spacial score (nSPS) is 12.9. The number of nitrogens with one attached hydrogen (secondary N) is 4. The minimum Gasteiger partial charge on any atom is -0.494 e. The number of methoxy groups -OCH3 is 1. The number of amides is 1. The Kier molecular flexibility index (Phi) is 8.15. The van der Waals surface area contributed by atoms with E-state index in [0.717, 1.165) is 10.8 Å². The maximum Gasteiger partial charge on any atom is 0.252 e. The predicted octanol–water partition coefficient (Wildman–Crippen LogP) is 3.40. The molecule has 0 aliphatic carbocycles. The van der Waals surface area contributed by atoms with Gasteiger partial charge in [-0.15, -0.1) is 0 Å². The molecule has 34 heavy (non-hydrogen) atoms. The largest absolute Gasteiger partial charge is 0.494 e. The number of benzene rings is 2. The molecule has 1 amide bonds. The minimum atomic E-state index is -0.881. The van der Waals surface area contributed by atoms with E-state index < -0.39 is 17.8 Å². The number of halogens is 1. The Morgan fingerprint density at radius 3 is 2.71 bits per heavy atom. The second-order valence-corrected chi connectivity index (χ2v) is 7.74. The molecule has 5 N–H and O–H groups in total. The summed E-state index contributed by atoms with van der Waals surface area (Å²) >= 11 is 0. The monoisotopic (exact) mass is 465 g/mol. The number of carbonyl (C=O) groups is 1. The SMILES string of the molecule is CN/C=C\C(=N)[C@@H](NC(=O)c1ccc2cnc(N[C@@H](C)CO)cc2c1)c1ccc(OC)c(F)c1. The fourth-order valence-electron chi connectivity index (χ4n) is 3.35. The topological polar surface area (TPSA) is 119 Å².